The highest BCUT2D eigenvalue weighted by atomic mass is 16.5. The molecule has 22 heavy (non-hydrogen) atoms. The molecule has 1 fully saturated rings. The number of carbonyl (C=O) groups is 2. The summed E-state index contributed by atoms with van der Waals surface area (Å²) in [5.74, 6) is -0.0622. The van der Waals surface area contributed by atoms with Crippen molar-refractivity contribution in [2.75, 3.05) is 19.7 Å². The number of amides is 2. The third-order valence-corrected chi connectivity index (χ3v) is 3.95. The molecule has 3 N–H and O–H groups in total. The first-order valence-electron chi connectivity index (χ1n) is 7.34. The van der Waals surface area contributed by atoms with Crippen LogP contribution in [-0.2, 0) is 9.59 Å². The molecule has 0 bridgehead atoms. The van der Waals surface area contributed by atoms with Crippen molar-refractivity contribution in [1.82, 2.24) is 4.90 Å². The monoisotopic (exact) mass is 306 g/mol. The van der Waals surface area contributed by atoms with Gasteiger partial charge in [0, 0.05) is 13.0 Å². The van der Waals surface area contributed by atoms with Crippen LogP contribution in [0.25, 0.3) is 0 Å². The molecule has 120 valence electrons. The maximum absolute atomic E-state index is 12.1. The van der Waals surface area contributed by atoms with Crippen molar-refractivity contribution in [1.29, 1.82) is 0 Å². The van der Waals surface area contributed by atoms with Gasteiger partial charge >= 0.3 is 0 Å². The van der Waals surface area contributed by atoms with Gasteiger partial charge in [-0.2, -0.15) is 0 Å². The standard InChI is InChI=1S/C16H22N2O4/c1-11(2)12-4-3-5-13(8-12)22-9-14(19)18-7-6-16(21,10-18)15(17)20/h3-5,8,11,21H,6-7,9-10H2,1-2H3,(H2,17,20). The number of primary amides is 1. The molecule has 1 unspecified atom stereocenters. The molecular formula is C16H22N2O4. The van der Waals surface area contributed by atoms with Gasteiger partial charge in [0.05, 0.1) is 6.54 Å². The minimum absolute atomic E-state index is 0.0729. The van der Waals surface area contributed by atoms with Crippen molar-refractivity contribution < 1.29 is 19.4 Å². The Morgan fingerprint density at radius 3 is 2.77 bits per heavy atom. The smallest absolute Gasteiger partial charge is 0.260 e. The molecule has 1 heterocycles. The lowest BCUT2D eigenvalue weighted by Crippen LogP contribution is -2.47. The second-order valence-electron chi connectivity index (χ2n) is 5.98. The van der Waals surface area contributed by atoms with Gasteiger partial charge < -0.3 is 20.5 Å². The number of hydrogen-bond donors (Lipinski definition) is 2. The molecule has 1 aliphatic rings. The average Bonchev–Trinajstić information content (AvgIpc) is 2.89. The Labute approximate surface area is 129 Å². The van der Waals surface area contributed by atoms with Gasteiger partial charge in [-0.15, -0.1) is 0 Å². The summed E-state index contributed by atoms with van der Waals surface area (Å²) in [5.41, 5.74) is 4.66. The Balaban J connectivity index is 1.91. The maximum Gasteiger partial charge on any atom is 0.260 e. The Morgan fingerprint density at radius 1 is 1.45 bits per heavy atom. The van der Waals surface area contributed by atoms with Gasteiger partial charge in [0.1, 0.15) is 5.75 Å². The maximum atomic E-state index is 12.1. The Kier molecular flexibility index (Phi) is 4.71. The zero-order valence-corrected chi connectivity index (χ0v) is 12.9. The van der Waals surface area contributed by atoms with Crippen molar-refractivity contribution in [3.8, 4) is 5.75 Å². The van der Waals surface area contributed by atoms with Crippen LogP contribution < -0.4 is 10.5 Å². The number of benzene rings is 1. The van der Waals surface area contributed by atoms with Gasteiger partial charge in [0.25, 0.3) is 11.8 Å². The first-order valence-corrected chi connectivity index (χ1v) is 7.34. The van der Waals surface area contributed by atoms with E-state index in [1.165, 1.54) is 4.90 Å². The molecule has 0 saturated carbocycles. The van der Waals surface area contributed by atoms with Gasteiger partial charge in [-0.1, -0.05) is 26.0 Å². The zero-order chi connectivity index (χ0) is 16.3. The van der Waals surface area contributed by atoms with Crippen molar-refractivity contribution in [2.24, 2.45) is 5.73 Å². The van der Waals surface area contributed by atoms with E-state index < -0.39 is 11.5 Å². The zero-order valence-electron chi connectivity index (χ0n) is 12.9. The number of β-amino-alcohol motifs (C(OH)–C–C–N with tert-alkyl or cyclic N) is 1. The predicted octanol–water partition coefficient (Wildman–Crippen LogP) is 0.637. The van der Waals surface area contributed by atoms with Gasteiger partial charge in [0.15, 0.2) is 12.2 Å². The Hall–Kier alpha value is -2.08. The van der Waals surface area contributed by atoms with Crippen LogP contribution in [0.15, 0.2) is 24.3 Å². The average molecular weight is 306 g/mol. The van der Waals surface area contributed by atoms with Crippen LogP contribution in [-0.4, -0.2) is 47.1 Å². The van der Waals surface area contributed by atoms with Gasteiger partial charge in [-0.25, -0.2) is 0 Å². The molecule has 1 aliphatic heterocycles. The highest BCUT2D eigenvalue weighted by Crippen LogP contribution is 2.22. The number of ether oxygens (including phenoxy) is 1. The fourth-order valence-electron chi connectivity index (χ4n) is 2.41. The summed E-state index contributed by atoms with van der Waals surface area (Å²) in [6.07, 6.45) is 0.164. The third kappa shape index (κ3) is 3.57. The summed E-state index contributed by atoms with van der Waals surface area (Å²) >= 11 is 0. The van der Waals surface area contributed by atoms with Crippen molar-refractivity contribution >= 4 is 11.8 Å². The summed E-state index contributed by atoms with van der Waals surface area (Å²) in [7, 11) is 0. The van der Waals surface area contributed by atoms with Crippen molar-refractivity contribution in [2.45, 2.75) is 31.8 Å². The first-order chi connectivity index (χ1) is 10.3. The Morgan fingerprint density at radius 2 is 2.18 bits per heavy atom. The number of aliphatic hydroxyl groups is 1. The number of likely N-dealkylation sites (tertiary alicyclic amines) is 1. The van der Waals surface area contributed by atoms with E-state index in [1.807, 2.05) is 18.2 Å². The van der Waals surface area contributed by atoms with Gasteiger partial charge in [-0.3, -0.25) is 9.59 Å². The molecule has 0 aromatic heterocycles. The molecule has 1 aromatic carbocycles. The van der Waals surface area contributed by atoms with Crippen LogP contribution in [0.4, 0.5) is 0 Å². The molecule has 1 atom stereocenters. The van der Waals surface area contributed by atoms with Crippen LogP contribution >= 0.6 is 0 Å². The minimum atomic E-state index is -1.62. The summed E-state index contributed by atoms with van der Waals surface area (Å²) in [6.45, 7) is 4.26. The molecule has 2 amide bonds. The van der Waals surface area contributed by atoms with Crippen LogP contribution in [0.3, 0.4) is 0 Å². The van der Waals surface area contributed by atoms with E-state index in [1.54, 1.807) is 6.07 Å². The van der Waals surface area contributed by atoms with Crippen LogP contribution in [0, 0.1) is 0 Å². The second kappa shape index (κ2) is 6.36. The number of hydrogen-bond acceptors (Lipinski definition) is 4. The largest absolute Gasteiger partial charge is 0.484 e. The van der Waals surface area contributed by atoms with E-state index in [9.17, 15) is 14.7 Å². The summed E-state index contributed by atoms with van der Waals surface area (Å²) in [4.78, 5) is 24.7. The molecule has 0 spiro atoms. The van der Waals surface area contributed by atoms with Crippen LogP contribution in [0.2, 0.25) is 0 Å². The number of nitrogens with zero attached hydrogens (tertiary/aromatic N) is 1. The Bertz CT molecular complexity index is 573. The molecule has 6 heteroatoms. The van der Waals surface area contributed by atoms with Crippen LogP contribution in [0.1, 0.15) is 31.7 Å². The first kappa shape index (κ1) is 16.3. The van der Waals surface area contributed by atoms with Gasteiger partial charge in [-0.05, 0) is 23.6 Å². The van der Waals surface area contributed by atoms with Crippen molar-refractivity contribution in [3.63, 3.8) is 0 Å². The highest BCUT2D eigenvalue weighted by molar-refractivity contribution is 5.86. The van der Waals surface area contributed by atoms with E-state index >= 15 is 0 Å². The lowest BCUT2D eigenvalue weighted by atomic mass is 10.0. The topological polar surface area (TPSA) is 92.9 Å². The minimum Gasteiger partial charge on any atom is -0.484 e. The quantitative estimate of drug-likeness (QED) is 0.835. The summed E-state index contributed by atoms with van der Waals surface area (Å²) in [5, 5.41) is 9.96. The normalized spacial score (nSPS) is 21.2. The molecule has 0 radical (unpaired) electrons. The lowest BCUT2D eigenvalue weighted by molar-refractivity contribution is -0.138. The fraction of sp³-hybridized carbons (Fsp3) is 0.500. The van der Waals surface area contributed by atoms with E-state index in [4.69, 9.17) is 10.5 Å². The molecular weight excluding hydrogens is 284 g/mol. The second-order valence-corrected chi connectivity index (χ2v) is 5.98. The number of nitrogens with two attached hydrogens (primary N) is 1. The van der Waals surface area contributed by atoms with Crippen LogP contribution in [0.5, 0.6) is 5.75 Å². The fourth-order valence-corrected chi connectivity index (χ4v) is 2.41. The number of rotatable bonds is 5. The van der Waals surface area contributed by atoms with E-state index in [2.05, 4.69) is 13.8 Å². The third-order valence-electron chi connectivity index (χ3n) is 3.95. The molecule has 1 saturated heterocycles. The summed E-state index contributed by atoms with van der Waals surface area (Å²) < 4.78 is 5.51. The molecule has 2 rings (SSSR count). The molecule has 1 aromatic rings. The van der Waals surface area contributed by atoms with E-state index in [0.29, 0.717) is 18.2 Å². The number of carbonyl (C=O) groups excluding carboxylic acids is 2. The highest BCUT2D eigenvalue weighted by Gasteiger charge is 2.42. The molecule has 6 nitrogen and oxygen atoms in total. The summed E-state index contributed by atoms with van der Waals surface area (Å²) in [6, 6.07) is 7.59. The van der Waals surface area contributed by atoms with Gasteiger partial charge in [0.2, 0.25) is 0 Å². The van der Waals surface area contributed by atoms with E-state index in [-0.39, 0.29) is 25.5 Å². The lowest BCUT2D eigenvalue weighted by Gasteiger charge is -2.20. The predicted molar refractivity (Wildman–Crippen MR) is 81.4 cm³/mol. The van der Waals surface area contributed by atoms with Crippen molar-refractivity contribution in [3.05, 3.63) is 29.8 Å². The molecule has 0 aliphatic carbocycles. The SMILES string of the molecule is CC(C)c1cccc(OCC(=O)N2CCC(O)(C(N)=O)C2)c1. The van der Waals surface area contributed by atoms with E-state index in [0.717, 1.165) is 5.56 Å².